The zero-order valence-electron chi connectivity index (χ0n) is 12.2. The van der Waals surface area contributed by atoms with Crippen molar-refractivity contribution in [2.75, 3.05) is 14.2 Å². The molecule has 0 bridgehead atoms. The van der Waals surface area contributed by atoms with Crippen LogP contribution < -0.4 is 10.1 Å². The number of benzene rings is 1. The molecule has 0 radical (unpaired) electrons. The topological polar surface area (TPSA) is 47.0 Å². The van der Waals surface area contributed by atoms with Crippen LogP contribution in [0, 0.1) is 0 Å². The SMILES string of the molecule is CNC1CCCc2nc(-c3ccc(Cl)cc3OC)ncc21. The van der Waals surface area contributed by atoms with Crippen molar-refractivity contribution in [2.24, 2.45) is 0 Å². The summed E-state index contributed by atoms with van der Waals surface area (Å²) in [6.07, 6.45) is 5.22. The molecule has 1 aliphatic carbocycles. The average Bonchev–Trinajstić information content (AvgIpc) is 2.53. The minimum Gasteiger partial charge on any atom is -0.496 e. The summed E-state index contributed by atoms with van der Waals surface area (Å²) >= 11 is 6.01. The lowest BCUT2D eigenvalue weighted by atomic mass is 9.92. The fourth-order valence-corrected chi connectivity index (χ4v) is 2.99. The first-order valence-corrected chi connectivity index (χ1v) is 7.47. The summed E-state index contributed by atoms with van der Waals surface area (Å²) in [5.41, 5.74) is 3.21. The van der Waals surface area contributed by atoms with Crippen molar-refractivity contribution < 1.29 is 4.74 Å². The molecule has 1 heterocycles. The van der Waals surface area contributed by atoms with Crippen LogP contribution in [-0.2, 0) is 6.42 Å². The third-order valence-electron chi connectivity index (χ3n) is 3.93. The molecule has 1 N–H and O–H groups in total. The molecule has 0 amide bonds. The molecular formula is C16H18ClN3O. The summed E-state index contributed by atoms with van der Waals surface area (Å²) in [7, 11) is 3.61. The van der Waals surface area contributed by atoms with Gasteiger partial charge in [-0.1, -0.05) is 11.6 Å². The van der Waals surface area contributed by atoms with Crippen molar-refractivity contribution in [3.8, 4) is 17.1 Å². The third kappa shape index (κ3) is 2.74. The smallest absolute Gasteiger partial charge is 0.163 e. The van der Waals surface area contributed by atoms with Crippen LogP contribution in [0.15, 0.2) is 24.4 Å². The highest BCUT2D eigenvalue weighted by Crippen LogP contribution is 2.33. The van der Waals surface area contributed by atoms with Crippen LogP contribution in [0.3, 0.4) is 0 Å². The van der Waals surface area contributed by atoms with E-state index < -0.39 is 0 Å². The first kappa shape index (κ1) is 14.3. The molecule has 0 saturated carbocycles. The predicted octanol–water partition coefficient (Wildman–Crippen LogP) is 3.40. The van der Waals surface area contributed by atoms with Crippen molar-refractivity contribution >= 4 is 11.6 Å². The molecule has 1 aromatic carbocycles. The van der Waals surface area contributed by atoms with Crippen molar-refractivity contribution in [3.05, 3.63) is 40.7 Å². The molecule has 5 heteroatoms. The van der Waals surface area contributed by atoms with Gasteiger partial charge in [-0.25, -0.2) is 9.97 Å². The molecule has 0 aliphatic heterocycles. The second-order valence-corrected chi connectivity index (χ2v) is 5.61. The predicted molar refractivity (Wildman–Crippen MR) is 83.8 cm³/mol. The highest BCUT2D eigenvalue weighted by Gasteiger charge is 2.21. The minimum atomic E-state index is 0.356. The van der Waals surface area contributed by atoms with E-state index in [1.165, 1.54) is 5.56 Å². The van der Waals surface area contributed by atoms with E-state index in [0.29, 0.717) is 22.6 Å². The largest absolute Gasteiger partial charge is 0.496 e. The van der Waals surface area contributed by atoms with Gasteiger partial charge in [0.1, 0.15) is 5.75 Å². The highest BCUT2D eigenvalue weighted by atomic mass is 35.5. The van der Waals surface area contributed by atoms with Gasteiger partial charge in [-0.3, -0.25) is 0 Å². The quantitative estimate of drug-likeness (QED) is 0.944. The van der Waals surface area contributed by atoms with Crippen molar-refractivity contribution in [2.45, 2.75) is 25.3 Å². The van der Waals surface area contributed by atoms with E-state index in [-0.39, 0.29) is 0 Å². The molecule has 0 saturated heterocycles. The molecule has 0 fully saturated rings. The fraction of sp³-hybridized carbons (Fsp3) is 0.375. The third-order valence-corrected chi connectivity index (χ3v) is 4.17. The number of rotatable bonds is 3. The molecule has 1 atom stereocenters. The molecule has 3 rings (SSSR count). The number of nitrogens with one attached hydrogen (secondary N) is 1. The van der Waals surface area contributed by atoms with E-state index in [0.717, 1.165) is 30.5 Å². The van der Waals surface area contributed by atoms with Gasteiger partial charge in [-0.15, -0.1) is 0 Å². The van der Waals surface area contributed by atoms with E-state index in [4.69, 9.17) is 21.3 Å². The number of methoxy groups -OCH3 is 1. The molecule has 110 valence electrons. The van der Waals surface area contributed by atoms with Crippen LogP contribution in [0.5, 0.6) is 5.75 Å². The van der Waals surface area contributed by atoms with Gasteiger partial charge in [0.2, 0.25) is 0 Å². The fourth-order valence-electron chi connectivity index (χ4n) is 2.83. The number of fused-ring (bicyclic) bond motifs is 1. The van der Waals surface area contributed by atoms with Crippen LogP contribution in [0.4, 0.5) is 0 Å². The van der Waals surface area contributed by atoms with Crippen LogP contribution in [0.2, 0.25) is 5.02 Å². The second-order valence-electron chi connectivity index (χ2n) is 5.17. The van der Waals surface area contributed by atoms with E-state index in [1.54, 1.807) is 13.2 Å². The number of nitrogens with zero attached hydrogens (tertiary/aromatic N) is 2. The number of halogens is 1. The summed E-state index contributed by atoms with van der Waals surface area (Å²) in [5.74, 6) is 1.39. The Morgan fingerprint density at radius 3 is 3.00 bits per heavy atom. The molecule has 1 aromatic heterocycles. The monoisotopic (exact) mass is 303 g/mol. The highest BCUT2D eigenvalue weighted by molar-refractivity contribution is 6.30. The zero-order chi connectivity index (χ0) is 14.8. The first-order valence-electron chi connectivity index (χ1n) is 7.10. The Morgan fingerprint density at radius 1 is 1.38 bits per heavy atom. The lowest BCUT2D eigenvalue weighted by Crippen LogP contribution is -2.22. The number of hydrogen-bond donors (Lipinski definition) is 1. The van der Waals surface area contributed by atoms with Gasteiger partial charge in [-0.2, -0.15) is 0 Å². The molecular weight excluding hydrogens is 286 g/mol. The van der Waals surface area contributed by atoms with Gasteiger partial charge in [0, 0.05) is 28.5 Å². The molecule has 1 unspecified atom stereocenters. The Kier molecular flexibility index (Phi) is 4.08. The Labute approximate surface area is 129 Å². The normalized spacial score (nSPS) is 17.4. The van der Waals surface area contributed by atoms with Crippen molar-refractivity contribution in [3.63, 3.8) is 0 Å². The maximum atomic E-state index is 6.01. The first-order chi connectivity index (χ1) is 10.2. The Balaban J connectivity index is 2.05. The second kappa shape index (κ2) is 6.00. The van der Waals surface area contributed by atoms with Gasteiger partial charge in [0.25, 0.3) is 0 Å². The summed E-state index contributed by atoms with van der Waals surface area (Å²) in [6, 6.07) is 5.88. The van der Waals surface area contributed by atoms with Gasteiger partial charge in [0.15, 0.2) is 5.82 Å². The van der Waals surface area contributed by atoms with E-state index >= 15 is 0 Å². The molecule has 21 heavy (non-hydrogen) atoms. The lowest BCUT2D eigenvalue weighted by Gasteiger charge is -2.24. The molecule has 1 aliphatic rings. The number of aryl methyl sites for hydroxylation is 1. The van der Waals surface area contributed by atoms with Gasteiger partial charge in [-0.05, 0) is 44.5 Å². The minimum absolute atomic E-state index is 0.356. The van der Waals surface area contributed by atoms with E-state index in [9.17, 15) is 0 Å². The Morgan fingerprint density at radius 2 is 2.24 bits per heavy atom. The summed E-state index contributed by atoms with van der Waals surface area (Å²) in [4.78, 5) is 9.27. The molecule has 2 aromatic rings. The van der Waals surface area contributed by atoms with Gasteiger partial charge >= 0.3 is 0 Å². The van der Waals surface area contributed by atoms with Crippen molar-refractivity contribution in [1.82, 2.24) is 15.3 Å². The standard InChI is InChI=1S/C16H18ClN3O/c1-18-13-4-3-5-14-12(13)9-19-16(20-14)11-7-6-10(17)8-15(11)21-2/h6-9,13,18H,3-5H2,1-2H3. The maximum absolute atomic E-state index is 6.01. The lowest BCUT2D eigenvalue weighted by molar-refractivity contribution is 0.416. The number of ether oxygens (including phenoxy) is 1. The molecule has 4 nitrogen and oxygen atoms in total. The van der Waals surface area contributed by atoms with E-state index in [2.05, 4.69) is 10.3 Å². The average molecular weight is 304 g/mol. The Hall–Kier alpha value is -1.65. The van der Waals surface area contributed by atoms with Crippen LogP contribution >= 0.6 is 11.6 Å². The Bertz CT molecular complexity index is 660. The van der Waals surface area contributed by atoms with Crippen LogP contribution in [-0.4, -0.2) is 24.1 Å². The summed E-state index contributed by atoms with van der Waals surface area (Å²) < 4.78 is 5.39. The number of hydrogen-bond acceptors (Lipinski definition) is 4. The van der Waals surface area contributed by atoms with Crippen LogP contribution in [0.25, 0.3) is 11.4 Å². The number of aromatic nitrogens is 2. The van der Waals surface area contributed by atoms with Gasteiger partial charge in [0.05, 0.1) is 12.7 Å². The van der Waals surface area contributed by atoms with Gasteiger partial charge < -0.3 is 10.1 Å². The maximum Gasteiger partial charge on any atom is 0.163 e. The zero-order valence-corrected chi connectivity index (χ0v) is 12.9. The van der Waals surface area contributed by atoms with Crippen molar-refractivity contribution in [1.29, 1.82) is 0 Å². The summed E-state index contributed by atoms with van der Waals surface area (Å²) in [6.45, 7) is 0. The van der Waals surface area contributed by atoms with E-state index in [1.807, 2.05) is 25.4 Å². The molecule has 0 spiro atoms. The summed E-state index contributed by atoms with van der Waals surface area (Å²) in [5, 5.41) is 3.97. The van der Waals surface area contributed by atoms with Crippen LogP contribution in [0.1, 0.15) is 30.1 Å².